The number of oxazole rings is 1. The zero-order chi connectivity index (χ0) is 19.7. The predicted molar refractivity (Wildman–Crippen MR) is 102 cm³/mol. The normalized spacial score (nSPS) is 11.8. The van der Waals surface area contributed by atoms with Gasteiger partial charge in [0.05, 0.1) is 6.33 Å². The Bertz CT molecular complexity index is 1290. The van der Waals surface area contributed by atoms with Crippen LogP contribution in [-0.4, -0.2) is 22.5 Å². The van der Waals surface area contributed by atoms with E-state index in [0.717, 1.165) is 5.56 Å². The van der Waals surface area contributed by atoms with Gasteiger partial charge in [0.15, 0.2) is 11.3 Å². The molecular formula is C19H17N3O5S. The van der Waals surface area contributed by atoms with Crippen molar-refractivity contribution in [2.45, 2.75) is 18.0 Å². The number of nitrogens with zero attached hydrogens (tertiary/aromatic N) is 3. The fraction of sp³-hybridized carbons (Fsp3) is 0.158. The summed E-state index contributed by atoms with van der Waals surface area (Å²) in [6.07, 6.45) is 3.29. The van der Waals surface area contributed by atoms with Crippen LogP contribution in [0.1, 0.15) is 5.56 Å². The van der Waals surface area contributed by atoms with Crippen LogP contribution in [0.2, 0.25) is 0 Å². The van der Waals surface area contributed by atoms with Crippen LogP contribution in [0.3, 0.4) is 0 Å². The first kappa shape index (κ1) is 18.1. The Morgan fingerprint density at radius 1 is 1.11 bits per heavy atom. The lowest BCUT2D eigenvalue weighted by Crippen LogP contribution is -2.17. The number of aromatic nitrogens is 3. The van der Waals surface area contributed by atoms with Gasteiger partial charge in [-0.1, -0.05) is 36.4 Å². The van der Waals surface area contributed by atoms with Crippen molar-refractivity contribution in [2.75, 3.05) is 0 Å². The van der Waals surface area contributed by atoms with Gasteiger partial charge in [0, 0.05) is 19.8 Å². The summed E-state index contributed by atoms with van der Waals surface area (Å²) in [5.41, 5.74) is 1.60. The van der Waals surface area contributed by atoms with Gasteiger partial charge < -0.3 is 13.2 Å². The Morgan fingerprint density at radius 3 is 2.61 bits per heavy atom. The Kier molecular flexibility index (Phi) is 4.52. The van der Waals surface area contributed by atoms with Crippen LogP contribution >= 0.6 is 0 Å². The molecule has 0 spiro atoms. The summed E-state index contributed by atoms with van der Waals surface area (Å²) in [6.45, 7) is 0.319. The zero-order valence-corrected chi connectivity index (χ0v) is 15.8. The van der Waals surface area contributed by atoms with Crippen molar-refractivity contribution < 1.29 is 17.0 Å². The fourth-order valence-corrected chi connectivity index (χ4v) is 3.85. The largest absolute Gasteiger partial charge is 0.420 e. The van der Waals surface area contributed by atoms with Crippen LogP contribution in [0.15, 0.2) is 75.3 Å². The number of rotatable bonds is 6. The number of hydrogen-bond acceptors (Lipinski definition) is 6. The quantitative estimate of drug-likeness (QED) is 0.462. The van der Waals surface area contributed by atoms with E-state index in [2.05, 4.69) is 4.98 Å². The summed E-state index contributed by atoms with van der Waals surface area (Å²) in [5.74, 6) is -0.556. The molecule has 28 heavy (non-hydrogen) atoms. The number of benzene rings is 2. The van der Waals surface area contributed by atoms with Gasteiger partial charge in [0.2, 0.25) is 5.03 Å². The molecule has 0 fully saturated rings. The molecule has 2 aromatic carbocycles. The van der Waals surface area contributed by atoms with Crippen LogP contribution in [0.5, 0.6) is 5.75 Å². The highest BCUT2D eigenvalue weighted by molar-refractivity contribution is 7.87. The molecule has 2 aromatic heterocycles. The highest BCUT2D eigenvalue weighted by atomic mass is 32.2. The number of imidazole rings is 1. The van der Waals surface area contributed by atoms with E-state index in [9.17, 15) is 13.2 Å². The molecule has 0 saturated heterocycles. The lowest BCUT2D eigenvalue weighted by molar-refractivity contribution is 0.482. The smallest absolute Gasteiger partial charge is 0.408 e. The molecule has 2 heterocycles. The molecule has 0 unspecified atom stereocenters. The molecule has 0 bridgehead atoms. The van der Waals surface area contributed by atoms with Gasteiger partial charge in [-0.2, -0.15) is 8.42 Å². The highest BCUT2D eigenvalue weighted by Gasteiger charge is 2.23. The molecule has 0 saturated carbocycles. The third-order valence-corrected chi connectivity index (χ3v) is 5.38. The standard InChI is InChI=1S/C19H17N3O5S/c1-21-12-17(20-13-21)28(24,25)27-16-9-5-8-15-18(16)22(19(23)26-15)11-10-14-6-3-2-4-7-14/h2-9,12-13H,10-11H2,1H3. The zero-order valence-electron chi connectivity index (χ0n) is 15.0. The Hall–Kier alpha value is -3.33. The van der Waals surface area contributed by atoms with E-state index in [0.29, 0.717) is 18.5 Å². The molecule has 0 aliphatic heterocycles. The summed E-state index contributed by atoms with van der Waals surface area (Å²) in [5, 5.41) is -0.214. The molecule has 0 aliphatic carbocycles. The van der Waals surface area contributed by atoms with Crippen LogP contribution in [-0.2, 0) is 30.1 Å². The molecule has 9 heteroatoms. The van der Waals surface area contributed by atoms with Crippen molar-refractivity contribution in [1.29, 1.82) is 0 Å². The highest BCUT2D eigenvalue weighted by Crippen LogP contribution is 2.28. The van der Waals surface area contributed by atoms with Gasteiger partial charge in [-0.05, 0) is 24.1 Å². The van der Waals surface area contributed by atoms with Crippen molar-refractivity contribution in [1.82, 2.24) is 14.1 Å². The first-order valence-corrected chi connectivity index (χ1v) is 9.93. The van der Waals surface area contributed by atoms with E-state index in [1.54, 1.807) is 19.2 Å². The molecule has 144 valence electrons. The summed E-state index contributed by atoms with van der Waals surface area (Å²) < 4.78 is 38.5. The van der Waals surface area contributed by atoms with Gasteiger partial charge in [0.25, 0.3) is 0 Å². The molecule has 4 rings (SSSR count). The number of aryl methyl sites for hydroxylation is 3. The maximum Gasteiger partial charge on any atom is 0.420 e. The summed E-state index contributed by atoms with van der Waals surface area (Å²) >= 11 is 0. The van der Waals surface area contributed by atoms with Gasteiger partial charge in [0.1, 0.15) is 5.52 Å². The molecule has 0 N–H and O–H groups in total. The molecule has 0 aliphatic rings. The first-order valence-electron chi connectivity index (χ1n) is 8.53. The average Bonchev–Trinajstić information content (AvgIpc) is 3.24. The minimum Gasteiger partial charge on any atom is -0.408 e. The lowest BCUT2D eigenvalue weighted by Gasteiger charge is -2.08. The maximum atomic E-state index is 12.5. The van der Waals surface area contributed by atoms with Crippen molar-refractivity contribution in [3.8, 4) is 5.75 Å². The minimum absolute atomic E-state index is 0.0158. The van der Waals surface area contributed by atoms with Crippen molar-refractivity contribution in [3.05, 3.63) is 77.2 Å². The molecule has 8 nitrogen and oxygen atoms in total. The summed E-state index contributed by atoms with van der Waals surface area (Å²) in [4.78, 5) is 16.2. The third kappa shape index (κ3) is 3.44. The van der Waals surface area contributed by atoms with Gasteiger partial charge in [-0.15, -0.1) is 0 Å². The Labute approximate surface area is 160 Å². The van der Waals surface area contributed by atoms with Gasteiger partial charge in [-0.3, -0.25) is 4.57 Å². The van der Waals surface area contributed by atoms with Crippen molar-refractivity contribution in [2.24, 2.45) is 7.05 Å². The van der Waals surface area contributed by atoms with Crippen LogP contribution in [0.4, 0.5) is 0 Å². The van der Waals surface area contributed by atoms with E-state index in [1.807, 2.05) is 30.3 Å². The second kappa shape index (κ2) is 7.01. The molecule has 0 radical (unpaired) electrons. The molecule has 0 amide bonds. The predicted octanol–water partition coefficient (Wildman–Crippen LogP) is 2.34. The summed E-state index contributed by atoms with van der Waals surface area (Å²) in [7, 11) is -2.49. The van der Waals surface area contributed by atoms with Crippen LogP contribution in [0, 0.1) is 0 Å². The SMILES string of the molecule is Cn1cnc(S(=O)(=O)Oc2cccc3oc(=O)n(CCc4ccccc4)c23)c1. The average molecular weight is 399 g/mol. The second-order valence-electron chi connectivity index (χ2n) is 6.27. The monoisotopic (exact) mass is 399 g/mol. The molecule has 0 atom stereocenters. The fourth-order valence-electron chi connectivity index (χ4n) is 2.93. The third-order valence-electron chi connectivity index (χ3n) is 4.25. The molecule has 4 aromatic rings. The number of para-hydroxylation sites is 1. The molecular weight excluding hydrogens is 382 g/mol. The van der Waals surface area contributed by atoms with E-state index in [-0.39, 0.29) is 16.4 Å². The topological polar surface area (TPSA) is 96.3 Å². The van der Waals surface area contributed by atoms with Crippen molar-refractivity contribution >= 4 is 21.2 Å². The number of fused-ring (bicyclic) bond motifs is 1. The van der Waals surface area contributed by atoms with E-state index in [1.165, 1.54) is 27.7 Å². The maximum absolute atomic E-state index is 12.5. The van der Waals surface area contributed by atoms with Crippen LogP contribution < -0.4 is 9.94 Å². The van der Waals surface area contributed by atoms with Gasteiger partial charge >= 0.3 is 15.9 Å². The van der Waals surface area contributed by atoms with Crippen LogP contribution in [0.25, 0.3) is 11.1 Å². The van der Waals surface area contributed by atoms with Crippen molar-refractivity contribution in [3.63, 3.8) is 0 Å². The summed E-state index contributed by atoms with van der Waals surface area (Å²) in [6, 6.07) is 14.3. The Balaban J connectivity index is 1.72. The first-order chi connectivity index (χ1) is 13.4. The van der Waals surface area contributed by atoms with Gasteiger partial charge in [-0.25, -0.2) is 9.78 Å². The second-order valence-corrected chi connectivity index (χ2v) is 7.77. The van der Waals surface area contributed by atoms with E-state index >= 15 is 0 Å². The Morgan fingerprint density at radius 2 is 1.89 bits per heavy atom. The lowest BCUT2D eigenvalue weighted by atomic mass is 10.1. The number of hydrogen-bond donors (Lipinski definition) is 0. The minimum atomic E-state index is -4.15. The van der Waals surface area contributed by atoms with E-state index < -0.39 is 15.9 Å². The van der Waals surface area contributed by atoms with E-state index in [4.69, 9.17) is 8.60 Å².